The SMILES string of the molecule is Nc1ccn2c(C3CCOC3)nc(Cl)c2c1. The van der Waals surface area contributed by atoms with Crippen LogP contribution in [0.15, 0.2) is 18.3 Å². The summed E-state index contributed by atoms with van der Waals surface area (Å²) in [7, 11) is 0. The fraction of sp³-hybridized carbons (Fsp3) is 0.364. The van der Waals surface area contributed by atoms with Crippen LogP contribution in [0.25, 0.3) is 5.52 Å². The molecule has 0 spiro atoms. The van der Waals surface area contributed by atoms with Crippen molar-refractivity contribution < 1.29 is 4.74 Å². The van der Waals surface area contributed by atoms with E-state index >= 15 is 0 Å². The van der Waals surface area contributed by atoms with E-state index < -0.39 is 0 Å². The van der Waals surface area contributed by atoms with Gasteiger partial charge in [0.05, 0.1) is 12.1 Å². The second kappa shape index (κ2) is 3.64. The third-order valence-electron chi connectivity index (χ3n) is 2.94. The first-order valence-corrected chi connectivity index (χ1v) is 5.64. The predicted molar refractivity (Wildman–Crippen MR) is 62.8 cm³/mol. The summed E-state index contributed by atoms with van der Waals surface area (Å²) in [6.45, 7) is 1.52. The minimum atomic E-state index is 0.337. The molecule has 1 aliphatic rings. The molecule has 1 fully saturated rings. The van der Waals surface area contributed by atoms with Gasteiger partial charge in [-0.25, -0.2) is 4.98 Å². The molecule has 0 aliphatic carbocycles. The number of aromatic nitrogens is 2. The summed E-state index contributed by atoms with van der Waals surface area (Å²) in [6, 6.07) is 3.69. The number of nitrogens with two attached hydrogens (primary N) is 1. The van der Waals surface area contributed by atoms with E-state index in [0.717, 1.165) is 31.0 Å². The van der Waals surface area contributed by atoms with Crippen LogP contribution in [-0.2, 0) is 4.74 Å². The van der Waals surface area contributed by atoms with Gasteiger partial charge in [0.1, 0.15) is 5.82 Å². The number of nitrogens with zero attached hydrogens (tertiary/aromatic N) is 2. The van der Waals surface area contributed by atoms with E-state index in [-0.39, 0.29) is 0 Å². The van der Waals surface area contributed by atoms with Crippen molar-refractivity contribution >= 4 is 22.8 Å². The number of nitrogen functional groups attached to an aromatic ring is 1. The summed E-state index contributed by atoms with van der Waals surface area (Å²) in [5.41, 5.74) is 7.29. The van der Waals surface area contributed by atoms with Gasteiger partial charge in [-0.1, -0.05) is 11.6 Å². The molecule has 1 atom stereocenters. The van der Waals surface area contributed by atoms with E-state index in [4.69, 9.17) is 22.1 Å². The van der Waals surface area contributed by atoms with Crippen LogP contribution in [0.1, 0.15) is 18.2 Å². The molecule has 5 heteroatoms. The van der Waals surface area contributed by atoms with Crippen molar-refractivity contribution in [3.63, 3.8) is 0 Å². The van der Waals surface area contributed by atoms with Crippen LogP contribution in [0.4, 0.5) is 5.69 Å². The zero-order valence-electron chi connectivity index (χ0n) is 8.69. The quantitative estimate of drug-likeness (QED) is 0.826. The third-order valence-corrected chi connectivity index (χ3v) is 3.22. The molecule has 1 saturated heterocycles. The Morgan fingerprint density at radius 3 is 3.19 bits per heavy atom. The highest BCUT2D eigenvalue weighted by molar-refractivity contribution is 6.32. The van der Waals surface area contributed by atoms with Gasteiger partial charge in [0.25, 0.3) is 0 Å². The lowest BCUT2D eigenvalue weighted by molar-refractivity contribution is 0.193. The molecule has 3 heterocycles. The van der Waals surface area contributed by atoms with Gasteiger partial charge in [-0.15, -0.1) is 0 Å². The van der Waals surface area contributed by atoms with Crippen molar-refractivity contribution in [2.45, 2.75) is 12.3 Å². The fourth-order valence-electron chi connectivity index (χ4n) is 2.11. The van der Waals surface area contributed by atoms with E-state index in [1.807, 2.05) is 22.7 Å². The maximum absolute atomic E-state index is 6.10. The van der Waals surface area contributed by atoms with E-state index in [1.165, 1.54) is 0 Å². The van der Waals surface area contributed by atoms with Crippen molar-refractivity contribution in [1.29, 1.82) is 0 Å². The van der Waals surface area contributed by atoms with Crippen molar-refractivity contribution in [3.05, 3.63) is 29.3 Å². The van der Waals surface area contributed by atoms with E-state index in [2.05, 4.69) is 4.98 Å². The number of halogens is 1. The molecule has 1 aliphatic heterocycles. The molecule has 2 aromatic heterocycles. The predicted octanol–water partition coefficient (Wildman–Crippen LogP) is 2.07. The molecule has 0 amide bonds. The molecule has 2 N–H and O–H groups in total. The molecule has 3 rings (SSSR count). The molecule has 4 nitrogen and oxygen atoms in total. The standard InChI is InChI=1S/C11H12ClN3O/c12-10-9-5-8(13)1-3-15(9)11(14-10)7-2-4-16-6-7/h1,3,5,7H,2,4,6,13H2. The number of hydrogen-bond acceptors (Lipinski definition) is 3. The van der Waals surface area contributed by atoms with Gasteiger partial charge in [-0.3, -0.25) is 0 Å². The summed E-state index contributed by atoms with van der Waals surface area (Å²) in [5, 5.41) is 0.509. The average Bonchev–Trinajstić information content (AvgIpc) is 2.87. The number of rotatable bonds is 1. The highest BCUT2D eigenvalue weighted by Gasteiger charge is 2.23. The topological polar surface area (TPSA) is 52.5 Å². The first-order valence-electron chi connectivity index (χ1n) is 5.26. The Morgan fingerprint density at radius 2 is 2.44 bits per heavy atom. The fourth-order valence-corrected chi connectivity index (χ4v) is 2.35. The number of fused-ring (bicyclic) bond motifs is 1. The van der Waals surface area contributed by atoms with Crippen molar-refractivity contribution in [3.8, 4) is 0 Å². The van der Waals surface area contributed by atoms with Crippen LogP contribution in [0.2, 0.25) is 5.15 Å². The highest BCUT2D eigenvalue weighted by atomic mass is 35.5. The van der Waals surface area contributed by atoms with Crippen LogP contribution < -0.4 is 5.73 Å². The number of pyridine rings is 1. The Balaban J connectivity index is 2.18. The lowest BCUT2D eigenvalue weighted by Crippen LogP contribution is -2.03. The van der Waals surface area contributed by atoms with E-state index in [1.54, 1.807) is 0 Å². The Kier molecular flexibility index (Phi) is 2.26. The number of anilines is 1. The van der Waals surface area contributed by atoms with E-state index in [9.17, 15) is 0 Å². The lowest BCUT2D eigenvalue weighted by Gasteiger charge is -2.06. The monoisotopic (exact) mass is 237 g/mol. The number of imidazole rings is 1. The second-order valence-electron chi connectivity index (χ2n) is 4.04. The summed E-state index contributed by atoms with van der Waals surface area (Å²) in [4.78, 5) is 4.41. The molecule has 0 bridgehead atoms. The summed E-state index contributed by atoms with van der Waals surface area (Å²) in [6.07, 6.45) is 2.91. The first kappa shape index (κ1) is 9.93. The summed E-state index contributed by atoms with van der Waals surface area (Å²) < 4.78 is 7.37. The van der Waals surface area contributed by atoms with Crippen LogP contribution in [0.5, 0.6) is 0 Å². The molecular formula is C11H12ClN3O. The highest BCUT2D eigenvalue weighted by Crippen LogP contribution is 2.29. The normalized spacial score (nSPS) is 20.7. The van der Waals surface area contributed by atoms with Gasteiger partial charge in [-0.05, 0) is 18.6 Å². The minimum absolute atomic E-state index is 0.337. The maximum atomic E-state index is 6.10. The minimum Gasteiger partial charge on any atom is -0.399 e. The molecule has 0 aromatic carbocycles. The van der Waals surface area contributed by atoms with Crippen molar-refractivity contribution in [2.24, 2.45) is 0 Å². The first-order chi connectivity index (χ1) is 7.75. The molecule has 0 radical (unpaired) electrons. The molecular weight excluding hydrogens is 226 g/mol. The Labute approximate surface area is 98.0 Å². The van der Waals surface area contributed by atoms with Gasteiger partial charge >= 0.3 is 0 Å². The Morgan fingerprint density at radius 1 is 1.56 bits per heavy atom. The molecule has 1 unspecified atom stereocenters. The molecule has 0 saturated carbocycles. The zero-order valence-corrected chi connectivity index (χ0v) is 9.44. The van der Waals surface area contributed by atoms with Crippen molar-refractivity contribution in [2.75, 3.05) is 18.9 Å². The van der Waals surface area contributed by atoms with Crippen LogP contribution in [0, 0.1) is 0 Å². The largest absolute Gasteiger partial charge is 0.399 e. The molecule has 16 heavy (non-hydrogen) atoms. The van der Waals surface area contributed by atoms with E-state index in [0.29, 0.717) is 16.8 Å². The summed E-state index contributed by atoms with van der Waals surface area (Å²) >= 11 is 6.10. The van der Waals surface area contributed by atoms with Gasteiger partial charge in [0.2, 0.25) is 0 Å². The lowest BCUT2D eigenvalue weighted by atomic mass is 10.1. The molecule has 84 valence electrons. The van der Waals surface area contributed by atoms with Crippen LogP contribution in [0.3, 0.4) is 0 Å². The average molecular weight is 238 g/mol. The van der Waals surface area contributed by atoms with Gasteiger partial charge in [0, 0.05) is 24.4 Å². The van der Waals surface area contributed by atoms with Gasteiger partial charge in [0.15, 0.2) is 5.15 Å². The number of hydrogen-bond donors (Lipinski definition) is 1. The van der Waals surface area contributed by atoms with Crippen LogP contribution >= 0.6 is 11.6 Å². The zero-order chi connectivity index (χ0) is 11.1. The van der Waals surface area contributed by atoms with Gasteiger partial charge in [-0.2, -0.15) is 0 Å². The smallest absolute Gasteiger partial charge is 0.155 e. The Bertz CT molecular complexity index is 531. The molecule has 2 aromatic rings. The van der Waals surface area contributed by atoms with Crippen LogP contribution in [-0.4, -0.2) is 22.6 Å². The maximum Gasteiger partial charge on any atom is 0.155 e. The third kappa shape index (κ3) is 1.45. The van der Waals surface area contributed by atoms with Crippen molar-refractivity contribution in [1.82, 2.24) is 9.38 Å². The number of ether oxygens (including phenoxy) is 1. The second-order valence-corrected chi connectivity index (χ2v) is 4.39. The Hall–Kier alpha value is -1.26. The summed E-state index contributed by atoms with van der Waals surface area (Å²) in [5.74, 6) is 1.31. The van der Waals surface area contributed by atoms with Gasteiger partial charge < -0.3 is 14.9 Å².